The third-order valence-electron chi connectivity index (χ3n) is 10.1. The summed E-state index contributed by atoms with van der Waals surface area (Å²) in [6, 6.07) is 35.0. The quantitative estimate of drug-likeness (QED) is 0.165. The van der Waals surface area contributed by atoms with Crippen LogP contribution in [0.25, 0.3) is 88.9 Å². The molecule has 6 nitrogen and oxygen atoms in total. The van der Waals surface area contributed by atoms with Crippen molar-refractivity contribution in [2.24, 2.45) is 0 Å². The highest BCUT2D eigenvalue weighted by molar-refractivity contribution is 6.12. The van der Waals surface area contributed by atoms with Crippen molar-refractivity contribution in [3.05, 3.63) is 169 Å². The Bertz CT molecular complexity index is 3130. The fourth-order valence-corrected chi connectivity index (χ4v) is 7.77. The summed E-state index contributed by atoms with van der Waals surface area (Å²) in [5, 5.41) is 3.18. The van der Waals surface area contributed by atoms with Gasteiger partial charge in [-0.3, -0.25) is 0 Å². The van der Waals surface area contributed by atoms with Gasteiger partial charge in [0.1, 0.15) is 11.6 Å². The van der Waals surface area contributed by atoms with E-state index in [2.05, 4.69) is 19.9 Å². The Balaban J connectivity index is 1.40. The lowest BCUT2D eigenvalue weighted by Crippen LogP contribution is -2.13. The molecule has 0 unspecified atom stereocenters. The van der Waals surface area contributed by atoms with Crippen LogP contribution in [0.5, 0.6) is 0 Å². The second-order valence-electron chi connectivity index (χ2n) is 13.3. The van der Waals surface area contributed by atoms with Gasteiger partial charge in [-0.15, -0.1) is 0 Å². The van der Waals surface area contributed by atoms with Crippen molar-refractivity contribution < 1.29 is 22.0 Å². The van der Waals surface area contributed by atoms with Crippen molar-refractivity contribution >= 4 is 43.6 Å². The lowest BCUT2D eigenvalue weighted by Gasteiger charge is -2.22. The van der Waals surface area contributed by atoms with Gasteiger partial charge in [0, 0.05) is 63.0 Å². The largest absolute Gasteiger partial charge is 0.417 e. The number of rotatable bonds is 5. The summed E-state index contributed by atoms with van der Waals surface area (Å²) < 4.78 is 81.4. The number of hydrogen-bond acceptors (Lipinski definition) is 4. The van der Waals surface area contributed by atoms with E-state index in [4.69, 9.17) is 0 Å². The zero-order chi connectivity index (χ0) is 38.1. The van der Waals surface area contributed by atoms with E-state index in [1.807, 2.05) is 89.5 Å². The van der Waals surface area contributed by atoms with Gasteiger partial charge in [0.15, 0.2) is 11.6 Å². The molecule has 0 N–H and O–H groups in total. The monoisotopic (exact) mass is 744 g/mol. The molecule has 4 aromatic heterocycles. The number of nitrogens with zero attached hydrogens (tertiary/aromatic N) is 6. The van der Waals surface area contributed by atoms with Crippen molar-refractivity contribution in [2.45, 2.75) is 6.18 Å². The normalized spacial score (nSPS) is 12.0. The van der Waals surface area contributed by atoms with E-state index in [-0.39, 0.29) is 11.4 Å². The predicted octanol–water partition coefficient (Wildman–Crippen LogP) is 11.8. The molecule has 0 bridgehead atoms. The second-order valence-corrected chi connectivity index (χ2v) is 13.3. The molecule has 10 aromatic rings. The predicted molar refractivity (Wildman–Crippen MR) is 208 cm³/mol. The number of benzene rings is 6. The molecule has 0 fully saturated rings. The van der Waals surface area contributed by atoms with E-state index in [0.29, 0.717) is 44.8 Å². The molecule has 0 aliphatic carbocycles. The number of fused-ring (bicyclic) bond motifs is 6. The minimum atomic E-state index is -5.02. The summed E-state index contributed by atoms with van der Waals surface area (Å²) in [5.74, 6) is -1.36. The number of alkyl halides is 3. The van der Waals surface area contributed by atoms with Crippen LogP contribution in [0.1, 0.15) is 5.56 Å². The molecule has 0 aliphatic heterocycles. The molecular weight excluding hydrogens is 720 g/mol. The van der Waals surface area contributed by atoms with Crippen molar-refractivity contribution in [2.75, 3.05) is 0 Å². The Morgan fingerprint density at radius 2 is 0.875 bits per heavy atom. The summed E-state index contributed by atoms with van der Waals surface area (Å²) in [6.07, 6.45) is 1.48. The van der Waals surface area contributed by atoms with Crippen LogP contribution >= 0.6 is 0 Å². The lowest BCUT2D eigenvalue weighted by atomic mass is 9.96. The van der Waals surface area contributed by atoms with Gasteiger partial charge in [-0.05, 0) is 60.7 Å². The summed E-state index contributed by atoms with van der Waals surface area (Å²) in [7, 11) is 0. The Hall–Kier alpha value is -7.27. The maximum Gasteiger partial charge on any atom is 0.417 e. The van der Waals surface area contributed by atoms with Crippen LogP contribution in [0.2, 0.25) is 0 Å². The average Bonchev–Trinajstić information content (AvgIpc) is 3.73. The van der Waals surface area contributed by atoms with Gasteiger partial charge < -0.3 is 9.13 Å². The zero-order valence-corrected chi connectivity index (χ0v) is 29.0. The molecule has 11 heteroatoms. The first-order valence-electron chi connectivity index (χ1n) is 17.6. The summed E-state index contributed by atoms with van der Waals surface area (Å²) in [6.45, 7) is 0. The van der Waals surface area contributed by atoms with E-state index < -0.39 is 34.5 Å². The standard InChI is InChI=1S/C45H25F5N6/c46-34-10-5-11-35(47)42(34)32-24-40(55-36-12-3-1-8-28(36)30-16-14-26(22-38(30)55)43-51-18-6-19-52-43)41(25-33(32)45(48,49)50)56-37-13-4-2-9-29(37)31-17-15-27(23-39(31)56)44-53-20-7-21-54-44/h1-25H. The first kappa shape index (κ1) is 33.3. The minimum Gasteiger partial charge on any atom is -0.307 e. The molecular formula is C45H25F5N6. The Morgan fingerprint density at radius 3 is 1.36 bits per heavy atom. The van der Waals surface area contributed by atoms with Crippen molar-refractivity contribution in [1.29, 1.82) is 0 Å². The highest BCUT2D eigenvalue weighted by atomic mass is 19.4. The molecule has 0 radical (unpaired) electrons. The number of aromatic nitrogens is 6. The van der Waals surface area contributed by atoms with Crippen LogP contribution in [0.4, 0.5) is 22.0 Å². The fourth-order valence-electron chi connectivity index (χ4n) is 7.77. The minimum absolute atomic E-state index is 0.124. The summed E-state index contributed by atoms with van der Waals surface area (Å²) in [5.41, 5.74) is 1.54. The first-order valence-corrected chi connectivity index (χ1v) is 17.6. The van der Waals surface area contributed by atoms with E-state index in [1.54, 1.807) is 41.5 Å². The van der Waals surface area contributed by atoms with Crippen LogP contribution in [0.3, 0.4) is 0 Å². The highest BCUT2D eigenvalue weighted by Crippen LogP contribution is 2.46. The average molecular weight is 745 g/mol. The van der Waals surface area contributed by atoms with Crippen LogP contribution in [0, 0.1) is 11.6 Å². The smallest absolute Gasteiger partial charge is 0.307 e. The maximum absolute atomic E-state index is 15.7. The third-order valence-corrected chi connectivity index (χ3v) is 10.1. The van der Waals surface area contributed by atoms with Crippen molar-refractivity contribution in [3.63, 3.8) is 0 Å². The summed E-state index contributed by atoms with van der Waals surface area (Å²) >= 11 is 0. The molecule has 0 atom stereocenters. The molecule has 56 heavy (non-hydrogen) atoms. The second kappa shape index (κ2) is 12.7. The van der Waals surface area contributed by atoms with E-state index in [0.717, 1.165) is 45.8 Å². The molecule has 0 spiro atoms. The lowest BCUT2D eigenvalue weighted by molar-refractivity contribution is -0.137. The zero-order valence-electron chi connectivity index (χ0n) is 29.0. The number of para-hydroxylation sites is 2. The Labute approximate surface area is 314 Å². The molecule has 0 amide bonds. The van der Waals surface area contributed by atoms with Crippen LogP contribution < -0.4 is 0 Å². The van der Waals surface area contributed by atoms with Crippen LogP contribution in [-0.4, -0.2) is 29.1 Å². The first-order chi connectivity index (χ1) is 27.3. The molecule has 0 aliphatic rings. The molecule has 4 heterocycles. The Morgan fingerprint density at radius 1 is 0.429 bits per heavy atom. The third kappa shape index (κ3) is 5.23. The topological polar surface area (TPSA) is 61.4 Å². The number of hydrogen-bond donors (Lipinski definition) is 0. The van der Waals surface area contributed by atoms with Gasteiger partial charge in [0.25, 0.3) is 0 Å². The Kier molecular flexibility index (Phi) is 7.53. The van der Waals surface area contributed by atoms with Gasteiger partial charge in [0.05, 0.1) is 44.6 Å². The van der Waals surface area contributed by atoms with E-state index >= 15 is 22.0 Å². The van der Waals surface area contributed by atoms with E-state index in [1.165, 1.54) is 6.07 Å². The van der Waals surface area contributed by atoms with Crippen molar-refractivity contribution in [3.8, 4) is 45.3 Å². The molecule has 0 saturated heterocycles. The van der Waals surface area contributed by atoms with Crippen LogP contribution in [0.15, 0.2) is 152 Å². The highest BCUT2D eigenvalue weighted by Gasteiger charge is 2.37. The fraction of sp³-hybridized carbons (Fsp3) is 0.0222. The van der Waals surface area contributed by atoms with Gasteiger partial charge in [-0.2, -0.15) is 13.2 Å². The van der Waals surface area contributed by atoms with Gasteiger partial charge >= 0.3 is 6.18 Å². The maximum atomic E-state index is 15.7. The van der Waals surface area contributed by atoms with Crippen molar-refractivity contribution in [1.82, 2.24) is 29.1 Å². The SMILES string of the molecule is Fc1cccc(F)c1-c1cc(-n2c3ccccc3c3ccc(-c4ncccn4)cc32)c(-n2c3ccccc3c3ccc(-c4ncccn4)cc32)cc1C(F)(F)F. The molecule has 270 valence electrons. The van der Waals surface area contributed by atoms with Crippen LogP contribution in [-0.2, 0) is 6.18 Å². The summed E-state index contributed by atoms with van der Waals surface area (Å²) in [4.78, 5) is 17.7. The molecule has 6 aromatic carbocycles. The van der Waals surface area contributed by atoms with Gasteiger partial charge in [-0.25, -0.2) is 28.7 Å². The molecule has 0 saturated carbocycles. The number of halogens is 5. The van der Waals surface area contributed by atoms with Gasteiger partial charge in [0.2, 0.25) is 0 Å². The van der Waals surface area contributed by atoms with Gasteiger partial charge in [-0.1, -0.05) is 66.7 Å². The molecule has 10 rings (SSSR count). The van der Waals surface area contributed by atoms with E-state index in [9.17, 15) is 0 Å².